The van der Waals surface area contributed by atoms with E-state index in [1.165, 1.54) is 5.56 Å². The molecule has 0 unspecified atom stereocenters. The van der Waals surface area contributed by atoms with Crippen molar-refractivity contribution in [2.24, 2.45) is 0 Å². The Kier molecular flexibility index (Phi) is 4.41. The van der Waals surface area contributed by atoms with Crippen LogP contribution in [0.5, 0.6) is 0 Å². The van der Waals surface area contributed by atoms with Crippen LogP contribution < -0.4 is 16.4 Å². The molecule has 1 heterocycles. The molecular weight excluding hydrogens is 258 g/mol. The summed E-state index contributed by atoms with van der Waals surface area (Å²) in [6, 6.07) is 7.32. The van der Waals surface area contributed by atoms with Gasteiger partial charge in [-0.15, -0.1) is 0 Å². The van der Waals surface area contributed by atoms with E-state index in [4.69, 9.17) is 5.73 Å². The second-order valence-electron chi connectivity index (χ2n) is 4.15. The first-order valence-electron chi connectivity index (χ1n) is 6.13. The lowest BCUT2D eigenvalue weighted by Gasteiger charge is -2.10. The highest BCUT2D eigenvalue weighted by atomic mass is 32.1. The summed E-state index contributed by atoms with van der Waals surface area (Å²) in [5.41, 5.74) is 9.16. The quantitative estimate of drug-likeness (QED) is 0.735. The van der Waals surface area contributed by atoms with Gasteiger partial charge in [-0.05, 0) is 47.5 Å². The SMILES string of the molecule is CCNC(=O)c1ccc(N)c(NCc2ccsc2)c1. The highest BCUT2D eigenvalue weighted by Crippen LogP contribution is 2.21. The Bertz CT molecular complexity index is 552. The third kappa shape index (κ3) is 3.48. The van der Waals surface area contributed by atoms with Gasteiger partial charge in [-0.2, -0.15) is 11.3 Å². The monoisotopic (exact) mass is 275 g/mol. The van der Waals surface area contributed by atoms with Gasteiger partial charge in [-0.25, -0.2) is 0 Å². The predicted octanol–water partition coefficient (Wildman–Crippen LogP) is 2.69. The molecule has 0 saturated heterocycles. The molecule has 0 aliphatic rings. The highest BCUT2D eigenvalue weighted by molar-refractivity contribution is 7.07. The largest absolute Gasteiger partial charge is 0.397 e. The van der Waals surface area contributed by atoms with Gasteiger partial charge in [-0.3, -0.25) is 4.79 Å². The third-order valence-corrected chi connectivity index (χ3v) is 3.45. The van der Waals surface area contributed by atoms with E-state index in [2.05, 4.69) is 22.1 Å². The number of amides is 1. The fraction of sp³-hybridized carbons (Fsp3) is 0.214. The zero-order chi connectivity index (χ0) is 13.7. The smallest absolute Gasteiger partial charge is 0.251 e. The van der Waals surface area contributed by atoms with Crippen LogP contribution in [0.25, 0.3) is 0 Å². The summed E-state index contributed by atoms with van der Waals surface area (Å²) in [5, 5.41) is 10.1. The van der Waals surface area contributed by atoms with Crippen LogP contribution in [0.15, 0.2) is 35.0 Å². The van der Waals surface area contributed by atoms with Gasteiger partial charge < -0.3 is 16.4 Å². The minimum Gasteiger partial charge on any atom is -0.397 e. The van der Waals surface area contributed by atoms with Gasteiger partial charge in [0.2, 0.25) is 0 Å². The maximum atomic E-state index is 11.8. The Hall–Kier alpha value is -2.01. The van der Waals surface area contributed by atoms with Gasteiger partial charge in [0, 0.05) is 18.7 Å². The van der Waals surface area contributed by atoms with Crippen LogP contribution in [0.1, 0.15) is 22.8 Å². The lowest BCUT2D eigenvalue weighted by atomic mass is 10.1. The molecule has 0 aliphatic carbocycles. The number of hydrogen-bond donors (Lipinski definition) is 3. The number of carbonyl (C=O) groups excluding carboxylic acids is 1. The van der Waals surface area contributed by atoms with Crippen LogP contribution >= 0.6 is 11.3 Å². The van der Waals surface area contributed by atoms with E-state index in [0.29, 0.717) is 24.3 Å². The van der Waals surface area contributed by atoms with Crippen molar-refractivity contribution in [2.45, 2.75) is 13.5 Å². The fourth-order valence-corrected chi connectivity index (χ4v) is 2.37. The van der Waals surface area contributed by atoms with Crippen molar-refractivity contribution in [3.63, 3.8) is 0 Å². The molecule has 2 aromatic rings. The van der Waals surface area contributed by atoms with Crippen molar-refractivity contribution in [1.82, 2.24) is 5.32 Å². The van der Waals surface area contributed by atoms with E-state index in [-0.39, 0.29) is 5.91 Å². The Morgan fingerprint density at radius 3 is 2.89 bits per heavy atom. The molecule has 0 radical (unpaired) electrons. The molecule has 0 aliphatic heterocycles. The van der Waals surface area contributed by atoms with E-state index < -0.39 is 0 Å². The Morgan fingerprint density at radius 2 is 2.21 bits per heavy atom. The molecule has 0 atom stereocenters. The van der Waals surface area contributed by atoms with E-state index in [9.17, 15) is 4.79 Å². The second kappa shape index (κ2) is 6.24. The second-order valence-corrected chi connectivity index (χ2v) is 4.93. The highest BCUT2D eigenvalue weighted by Gasteiger charge is 2.07. The summed E-state index contributed by atoms with van der Waals surface area (Å²) in [7, 11) is 0. The van der Waals surface area contributed by atoms with Crippen molar-refractivity contribution in [1.29, 1.82) is 0 Å². The molecule has 4 N–H and O–H groups in total. The molecule has 2 rings (SSSR count). The number of anilines is 2. The fourth-order valence-electron chi connectivity index (χ4n) is 1.70. The standard InChI is InChI=1S/C14H17N3OS/c1-2-16-14(18)11-3-4-12(15)13(7-11)17-8-10-5-6-19-9-10/h3-7,9,17H,2,8,15H2,1H3,(H,16,18). The normalized spacial score (nSPS) is 10.2. The van der Waals surface area contributed by atoms with Crippen LogP contribution in [-0.2, 0) is 6.54 Å². The third-order valence-electron chi connectivity index (χ3n) is 2.72. The topological polar surface area (TPSA) is 67.2 Å². The van der Waals surface area contributed by atoms with E-state index in [1.807, 2.05) is 12.3 Å². The molecule has 1 aromatic carbocycles. The Morgan fingerprint density at radius 1 is 1.37 bits per heavy atom. The molecule has 0 fully saturated rings. The molecule has 0 bridgehead atoms. The average Bonchev–Trinajstić information content (AvgIpc) is 2.91. The van der Waals surface area contributed by atoms with Crippen molar-refractivity contribution >= 4 is 28.6 Å². The van der Waals surface area contributed by atoms with E-state index >= 15 is 0 Å². The number of hydrogen-bond acceptors (Lipinski definition) is 4. The number of nitrogen functional groups attached to an aromatic ring is 1. The molecular formula is C14H17N3OS. The number of nitrogens with two attached hydrogens (primary N) is 1. The minimum absolute atomic E-state index is 0.0823. The van der Waals surface area contributed by atoms with Crippen molar-refractivity contribution < 1.29 is 4.79 Å². The van der Waals surface area contributed by atoms with Crippen LogP contribution in [0.4, 0.5) is 11.4 Å². The van der Waals surface area contributed by atoms with Gasteiger partial charge in [0.1, 0.15) is 0 Å². The van der Waals surface area contributed by atoms with Crippen LogP contribution in [0, 0.1) is 0 Å². The first-order chi connectivity index (χ1) is 9.20. The molecule has 4 nitrogen and oxygen atoms in total. The molecule has 1 aromatic heterocycles. The van der Waals surface area contributed by atoms with Gasteiger partial charge in [0.25, 0.3) is 5.91 Å². The van der Waals surface area contributed by atoms with Crippen LogP contribution in [0.2, 0.25) is 0 Å². The van der Waals surface area contributed by atoms with E-state index in [1.54, 1.807) is 29.5 Å². The van der Waals surface area contributed by atoms with Gasteiger partial charge in [0.15, 0.2) is 0 Å². The zero-order valence-electron chi connectivity index (χ0n) is 10.8. The summed E-state index contributed by atoms with van der Waals surface area (Å²) < 4.78 is 0. The molecule has 19 heavy (non-hydrogen) atoms. The number of rotatable bonds is 5. The van der Waals surface area contributed by atoms with Gasteiger partial charge >= 0.3 is 0 Å². The van der Waals surface area contributed by atoms with Crippen molar-refractivity contribution in [3.8, 4) is 0 Å². The minimum atomic E-state index is -0.0823. The van der Waals surface area contributed by atoms with Crippen LogP contribution in [-0.4, -0.2) is 12.5 Å². The summed E-state index contributed by atoms with van der Waals surface area (Å²) in [6.07, 6.45) is 0. The molecule has 1 amide bonds. The summed E-state index contributed by atoms with van der Waals surface area (Å²) in [5.74, 6) is -0.0823. The summed E-state index contributed by atoms with van der Waals surface area (Å²) in [4.78, 5) is 11.8. The number of thiophene rings is 1. The van der Waals surface area contributed by atoms with Gasteiger partial charge in [0.05, 0.1) is 11.4 Å². The molecule has 0 spiro atoms. The number of nitrogens with one attached hydrogen (secondary N) is 2. The molecule has 100 valence electrons. The summed E-state index contributed by atoms with van der Waals surface area (Å²) in [6.45, 7) is 3.21. The first kappa shape index (κ1) is 13.4. The predicted molar refractivity (Wildman–Crippen MR) is 80.5 cm³/mol. The first-order valence-corrected chi connectivity index (χ1v) is 7.07. The summed E-state index contributed by atoms with van der Waals surface area (Å²) >= 11 is 1.66. The Balaban J connectivity index is 2.10. The van der Waals surface area contributed by atoms with Crippen molar-refractivity contribution in [2.75, 3.05) is 17.6 Å². The number of carbonyl (C=O) groups is 1. The Labute approximate surface area is 116 Å². The zero-order valence-corrected chi connectivity index (χ0v) is 11.6. The maximum absolute atomic E-state index is 11.8. The average molecular weight is 275 g/mol. The molecule has 0 saturated carbocycles. The van der Waals surface area contributed by atoms with E-state index in [0.717, 1.165) is 5.69 Å². The molecule has 5 heteroatoms. The number of benzene rings is 1. The van der Waals surface area contributed by atoms with Crippen LogP contribution in [0.3, 0.4) is 0 Å². The lowest BCUT2D eigenvalue weighted by Crippen LogP contribution is -2.22. The maximum Gasteiger partial charge on any atom is 0.251 e. The lowest BCUT2D eigenvalue weighted by molar-refractivity contribution is 0.0956. The van der Waals surface area contributed by atoms with Crippen molar-refractivity contribution in [3.05, 3.63) is 46.2 Å². The van der Waals surface area contributed by atoms with Gasteiger partial charge in [-0.1, -0.05) is 0 Å².